The van der Waals surface area contributed by atoms with Crippen LogP contribution in [0.15, 0.2) is 0 Å². The van der Waals surface area contributed by atoms with Crippen LogP contribution in [0.1, 0.15) is 32.1 Å². The highest BCUT2D eigenvalue weighted by atomic mass is 127. The molecule has 0 heterocycles. The second-order valence-electron chi connectivity index (χ2n) is 2.88. The summed E-state index contributed by atoms with van der Waals surface area (Å²) < 4.78 is 10.1. The first-order chi connectivity index (χ1) is 5.83. The Morgan fingerprint density at radius 2 is 2.00 bits per heavy atom. The topological polar surface area (TPSA) is 35.5 Å². The molecule has 1 saturated carbocycles. The fourth-order valence-electron chi connectivity index (χ4n) is 1.40. The number of rotatable bonds is 2. The molecule has 70 valence electrons. The highest BCUT2D eigenvalue weighted by Crippen LogP contribution is 2.20. The Morgan fingerprint density at radius 1 is 1.33 bits per heavy atom. The van der Waals surface area contributed by atoms with Gasteiger partial charge in [0.15, 0.2) is 0 Å². The van der Waals surface area contributed by atoms with Crippen LogP contribution in [0.3, 0.4) is 0 Å². The molecule has 1 rings (SSSR count). The van der Waals surface area contributed by atoms with Crippen molar-refractivity contribution in [2.75, 3.05) is 4.61 Å². The maximum Gasteiger partial charge on any atom is 0.509 e. The molecule has 0 spiro atoms. The zero-order chi connectivity index (χ0) is 8.81. The van der Waals surface area contributed by atoms with E-state index < -0.39 is 6.16 Å². The number of alkyl halides is 1. The summed E-state index contributed by atoms with van der Waals surface area (Å²) in [6.07, 6.45) is 5.18. The molecule has 0 aromatic rings. The van der Waals surface area contributed by atoms with E-state index in [1.165, 1.54) is 19.3 Å². The molecule has 1 aliphatic carbocycles. The second kappa shape index (κ2) is 5.61. The Bertz CT molecular complexity index is 143. The summed E-state index contributed by atoms with van der Waals surface area (Å²) in [4.78, 5) is 10.9. The highest BCUT2D eigenvalue weighted by molar-refractivity contribution is 14.1. The lowest BCUT2D eigenvalue weighted by Gasteiger charge is -2.20. The van der Waals surface area contributed by atoms with Crippen molar-refractivity contribution >= 4 is 28.7 Å². The smallest absolute Gasteiger partial charge is 0.431 e. The Labute approximate surface area is 85.9 Å². The zero-order valence-corrected chi connectivity index (χ0v) is 9.08. The van der Waals surface area contributed by atoms with E-state index in [1.54, 1.807) is 0 Å². The first-order valence-electron chi connectivity index (χ1n) is 4.22. The van der Waals surface area contributed by atoms with Crippen LogP contribution in [0, 0.1) is 0 Å². The molecule has 0 aliphatic heterocycles. The third kappa shape index (κ3) is 3.60. The van der Waals surface area contributed by atoms with Gasteiger partial charge < -0.3 is 9.47 Å². The van der Waals surface area contributed by atoms with Crippen LogP contribution >= 0.6 is 22.6 Å². The summed E-state index contributed by atoms with van der Waals surface area (Å²) in [5.74, 6) is 0. The van der Waals surface area contributed by atoms with Crippen molar-refractivity contribution in [1.82, 2.24) is 0 Å². The molecule has 0 saturated heterocycles. The predicted molar refractivity (Wildman–Crippen MR) is 53.3 cm³/mol. The lowest BCUT2D eigenvalue weighted by atomic mass is 9.98. The molecule has 0 aromatic carbocycles. The summed E-state index contributed by atoms with van der Waals surface area (Å²) in [6, 6.07) is 0. The monoisotopic (exact) mass is 284 g/mol. The van der Waals surface area contributed by atoms with Gasteiger partial charge in [0, 0.05) is 0 Å². The molecular weight excluding hydrogens is 271 g/mol. The first-order valence-corrected chi connectivity index (χ1v) is 5.75. The fourth-order valence-corrected chi connectivity index (χ4v) is 1.65. The Kier molecular flexibility index (Phi) is 4.72. The van der Waals surface area contributed by atoms with Crippen molar-refractivity contribution in [2.45, 2.75) is 38.2 Å². The van der Waals surface area contributed by atoms with Crippen molar-refractivity contribution in [3.05, 3.63) is 0 Å². The molecule has 0 amide bonds. The molecule has 0 bridgehead atoms. The van der Waals surface area contributed by atoms with E-state index in [4.69, 9.17) is 4.74 Å². The lowest BCUT2D eigenvalue weighted by molar-refractivity contribution is 0.0217. The van der Waals surface area contributed by atoms with Gasteiger partial charge in [-0.05, 0) is 48.3 Å². The SMILES string of the molecule is O=C(OCI)OC1CCCCC1. The van der Waals surface area contributed by atoms with Gasteiger partial charge in [-0.1, -0.05) is 6.42 Å². The zero-order valence-electron chi connectivity index (χ0n) is 6.92. The number of carbonyl (C=O) groups is 1. The van der Waals surface area contributed by atoms with Crippen molar-refractivity contribution in [2.24, 2.45) is 0 Å². The summed E-state index contributed by atoms with van der Waals surface area (Å²) in [7, 11) is 0. The number of ether oxygens (including phenoxy) is 2. The molecular formula is C8H13IO3. The van der Waals surface area contributed by atoms with Gasteiger partial charge in [0.2, 0.25) is 0 Å². The largest absolute Gasteiger partial charge is 0.509 e. The molecule has 0 radical (unpaired) electrons. The van der Waals surface area contributed by atoms with Crippen molar-refractivity contribution in [3.8, 4) is 0 Å². The standard InChI is InChI=1S/C8H13IO3/c9-6-11-8(10)12-7-4-2-1-3-5-7/h7H,1-6H2. The van der Waals surface area contributed by atoms with Gasteiger partial charge in [-0.3, -0.25) is 0 Å². The number of carbonyl (C=O) groups excluding carboxylic acids is 1. The molecule has 12 heavy (non-hydrogen) atoms. The molecule has 0 N–H and O–H groups in total. The highest BCUT2D eigenvalue weighted by Gasteiger charge is 2.17. The molecule has 0 unspecified atom stereocenters. The fraction of sp³-hybridized carbons (Fsp3) is 0.875. The van der Waals surface area contributed by atoms with Crippen molar-refractivity contribution in [1.29, 1.82) is 0 Å². The molecule has 1 aliphatic rings. The Balaban J connectivity index is 2.15. The number of hydrogen-bond acceptors (Lipinski definition) is 3. The van der Waals surface area contributed by atoms with Gasteiger partial charge in [-0.2, -0.15) is 0 Å². The first kappa shape index (κ1) is 10.1. The molecule has 4 heteroatoms. The van der Waals surface area contributed by atoms with Gasteiger partial charge in [0.1, 0.15) is 10.7 Å². The normalized spacial score (nSPS) is 18.8. The minimum Gasteiger partial charge on any atom is -0.431 e. The van der Waals surface area contributed by atoms with E-state index in [0.717, 1.165) is 12.8 Å². The van der Waals surface area contributed by atoms with Crippen LogP contribution in [-0.4, -0.2) is 16.9 Å². The van der Waals surface area contributed by atoms with Crippen LogP contribution in [0.4, 0.5) is 4.79 Å². The lowest BCUT2D eigenvalue weighted by Crippen LogP contribution is -2.21. The van der Waals surface area contributed by atoms with Gasteiger partial charge in [0.25, 0.3) is 0 Å². The van der Waals surface area contributed by atoms with E-state index >= 15 is 0 Å². The van der Waals surface area contributed by atoms with Gasteiger partial charge >= 0.3 is 6.16 Å². The average Bonchev–Trinajstić information content (AvgIpc) is 2.06. The Hall–Kier alpha value is -0.0000000000000000555. The summed E-state index contributed by atoms with van der Waals surface area (Å²) in [5.41, 5.74) is 0. The average molecular weight is 284 g/mol. The van der Waals surface area contributed by atoms with Crippen molar-refractivity contribution < 1.29 is 14.3 Å². The molecule has 3 nitrogen and oxygen atoms in total. The van der Waals surface area contributed by atoms with Crippen LogP contribution in [-0.2, 0) is 9.47 Å². The van der Waals surface area contributed by atoms with Crippen molar-refractivity contribution in [3.63, 3.8) is 0 Å². The van der Waals surface area contributed by atoms with E-state index in [-0.39, 0.29) is 6.10 Å². The van der Waals surface area contributed by atoms with E-state index in [1.807, 2.05) is 22.6 Å². The van der Waals surface area contributed by atoms with Crippen LogP contribution in [0.2, 0.25) is 0 Å². The molecule has 1 fully saturated rings. The third-order valence-corrected chi connectivity index (χ3v) is 2.30. The number of halogens is 1. The predicted octanol–water partition coefficient (Wildman–Crippen LogP) is 2.86. The maximum absolute atomic E-state index is 10.9. The molecule has 0 aromatic heterocycles. The minimum atomic E-state index is -0.517. The molecule has 0 atom stereocenters. The van der Waals surface area contributed by atoms with Crippen LogP contribution in [0.25, 0.3) is 0 Å². The van der Waals surface area contributed by atoms with Gasteiger partial charge in [0.05, 0.1) is 0 Å². The van der Waals surface area contributed by atoms with E-state index in [0.29, 0.717) is 4.61 Å². The van der Waals surface area contributed by atoms with Crippen LogP contribution in [0.5, 0.6) is 0 Å². The van der Waals surface area contributed by atoms with Gasteiger partial charge in [-0.15, -0.1) is 0 Å². The quantitative estimate of drug-likeness (QED) is 0.444. The van der Waals surface area contributed by atoms with E-state index in [2.05, 4.69) is 4.74 Å². The van der Waals surface area contributed by atoms with Gasteiger partial charge in [-0.25, -0.2) is 4.79 Å². The third-order valence-electron chi connectivity index (χ3n) is 1.99. The minimum absolute atomic E-state index is 0.106. The summed E-state index contributed by atoms with van der Waals surface area (Å²) in [5, 5.41) is 0. The summed E-state index contributed by atoms with van der Waals surface area (Å²) >= 11 is 1.97. The van der Waals surface area contributed by atoms with Crippen LogP contribution < -0.4 is 0 Å². The number of hydrogen-bond donors (Lipinski definition) is 0. The maximum atomic E-state index is 10.9. The van der Waals surface area contributed by atoms with E-state index in [9.17, 15) is 4.79 Å². The Morgan fingerprint density at radius 3 is 2.58 bits per heavy atom. The summed E-state index contributed by atoms with van der Waals surface area (Å²) in [6.45, 7) is 0. The second-order valence-corrected chi connectivity index (χ2v) is 3.50.